The standard InChI is InChI=1S/C22H20F3NO3/c1-13-7-9-15(10-8-13)12-29-21(28)20-14(2)26-19(27)11-17(20)16-5-3-4-6-18(16)22(23,24)25/h3-10,17,20H,11-12H2,1-2H3. The fourth-order valence-electron chi connectivity index (χ4n) is 3.54. The van der Waals surface area contributed by atoms with Crippen molar-refractivity contribution in [2.24, 2.45) is 10.9 Å². The Bertz CT molecular complexity index is 949. The predicted octanol–water partition coefficient (Wildman–Crippen LogP) is 4.85. The van der Waals surface area contributed by atoms with Crippen molar-refractivity contribution in [3.63, 3.8) is 0 Å². The average Bonchev–Trinajstić information content (AvgIpc) is 2.66. The summed E-state index contributed by atoms with van der Waals surface area (Å²) in [5.74, 6) is -3.28. The van der Waals surface area contributed by atoms with E-state index in [1.807, 2.05) is 31.2 Å². The van der Waals surface area contributed by atoms with Crippen LogP contribution >= 0.6 is 0 Å². The van der Waals surface area contributed by atoms with Crippen molar-refractivity contribution < 1.29 is 27.5 Å². The summed E-state index contributed by atoms with van der Waals surface area (Å²) in [5, 5.41) is 0. The number of hydrogen-bond donors (Lipinski definition) is 0. The highest BCUT2D eigenvalue weighted by Gasteiger charge is 2.43. The molecule has 0 saturated heterocycles. The lowest BCUT2D eigenvalue weighted by molar-refractivity contribution is -0.149. The number of ether oxygens (including phenoxy) is 1. The third-order valence-electron chi connectivity index (χ3n) is 4.97. The first-order valence-corrected chi connectivity index (χ1v) is 9.13. The van der Waals surface area contributed by atoms with Gasteiger partial charge in [0, 0.05) is 18.1 Å². The molecular formula is C22H20F3NO3. The Morgan fingerprint density at radius 2 is 1.76 bits per heavy atom. The van der Waals surface area contributed by atoms with Crippen LogP contribution in [0.2, 0.25) is 0 Å². The predicted molar refractivity (Wildman–Crippen MR) is 101 cm³/mol. The summed E-state index contributed by atoms with van der Waals surface area (Å²) in [6.07, 6.45) is -4.88. The largest absolute Gasteiger partial charge is 0.460 e. The van der Waals surface area contributed by atoms with Gasteiger partial charge in [-0.1, -0.05) is 48.0 Å². The first-order valence-electron chi connectivity index (χ1n) is 9.13. The lowest BCUT2D eigenvalue weighted by Crippen LogP contribution is -2.36. The molecule has 1 aliphatic heterocycles. The summed E-state index contributed by atoms with van der Waals surface area (Å²) >= 11 is 0. The zero-order valence-electron chi connectivity index (χ0n) is 16.0. The molecule has 2 aromatic rings. The molecule has 7 heteroatoms. The van der Waals surface area contributed by atoms with Crippen LogP contribution in [0.15, 0.2) is 53.5 Å². The highest BCUT2D eigenvalue weighted by atomic mass is 19.4. The minimum atomic E-state index is -4.60. The number of halogens is 3. The first-order chi connectivity index (χ1) is 13.7. The Morgan fingerprint density at radius 3 is 2.41 bits per heavy atom. The van der Waals surface area contributed by atoms with Crippen molar-refractivity contribution >= 4 is 17.6 Å². The van der Waals surface area contributed by atoms with E-state index in [1.54, 1.807) is 0 Å². The Morgan fingerprint density at radius 1 is 1.10 bits per heavy atom. The van der Waals surface area contributed by atoms with Crippen LogP contribution < -0.4 is 0 Å². The van der Waals surface area contributed by atoms with Gasteiger partial charge < -0.3 is 4.74 Å². The first kappa shape index (κ1) is 20.8. The third kappa shape index (κ3) is 4.72. The Labute approximate surface area is 166 Å². The van der Waals surface area contributed by atoms with E-state index < -0.39 is 35.5 Å². The molecule has 0 N–H and O–H groups in total. The van der Waals surface area contributed by atoms with Crippen LogP contribution in [0.25, 0.3) is 0 Å². The van der Waals surface area contributed by atoms with E-state index in [1.165, 1.54) is 25.1 Å². The molecule has 1 aliphatic rings. The van der Waals surface area contributed by atoms with Crippen molar-refractivity contribution in [3.05, 3.63) is 70.8 Å². The molecule has 29 heavy (non-hydrogen) atoms. The second-order valence-electron chi connectivity index (χ2n) is 7.11. The van der Waals surface area contributed by atoms with Crippen LogP contribution in [-0.2, 0) is 27.1 Å². The van der Waals surface area contributed by atoms with E-state index in [0.29, 0.717) is 0 Å². The summed E-state index contributed by atoms with van der Waals surface area (Å²) in [7, 11) is 0. The zero-order valence-corrected chi connectivity index (χ0v) is 16.0. The zero-order chi connectivity index (χ0) is 21.2. The van der Waals surface area contributed by atoms with Crippen LogP contribution in [-0.4, -0.2) is 17.6 Å². The number of carbonyl (C=O) groups excluding carboxylic acids is 2. The van der Waals surface area contributed by atoms with Gasteiger partial charge in [-0.05, 0) is 31.0 Å². The lowest BCUT2D eigenvalue weighted by atomic mass is 9.77. The van der Waals surface area contributed by atoms with Crippen molar-refractivity contribution in [1.29, 1.82) is 0 Å². The lowest BCUT2D eigenvalue weighted by Gasteiger charge is -2.30. The van der Waals surface area contributed by atoms with Crippen LogP contribution in [0.3, 0.4) is 0 Å². The molecule has 1 amide bonds. The van der Waals surface area contributed by atoms with E-state index in [2.05, 4.69) is 4.99 Å². The van der Waals surface area contributed by atoms with Gasteiger partial charge in [0.2, 0.25) is 5.91 Å². The number of aliphatic imine (C=N–C) groups is 1. The van der Waals surface area contributed by atoms with E-state index in [-0.39, 0.29) is 24.3 Å². The number of aryl methyl sites for hydroxylation is 1. The van der Waals surface area contributed by atoms with Gasteiger partial charge in [-0.25, -0.2) is 4.99 Å². The van der Waals surface area contributed by atoms with Gasteiger partial charge in [0.1, 0.15) is 12.5 Å². The molecule has 0 aromatic heterocycles. The third-order valence-corrected chi connectivity index (χ3v) is 4.97. The van der Waals surface area contributed by atoms with Crippen molar-refractivity contribution in [3.8, 4) is 0 Å². The van der Waals surface area contributed by atoms with Crippen LogP contribution in [0, 0.1) is 12.8 Å². The highest BCUT2D eigenvalue weighted by molar-refractivity contribution is 6.08. The number of alkyl halides is 3. The van der Waals surface area contributed by atoms with Crippen molar-refractivity contribution in [2.45, 2.75) is 39.0 Å². The Hall–Kier alpha value is -2.96. The van der Waals surface area contributed by atoms with Crippen LogP contribution in [0.1, 0.15) is 41.5 Å². The van der Waals surface area contributed by atoms with Crippen molar-refractivity contribution in [2.75, 3.05) is 0 Å². The minimum absolute atomic E-state index is 0.00945. The molecule has 2 atom stereocenters. The molecule has 1 heterocycles. The maximum absolute atomic E-state index is 13.5. The number of hydrogen-bond acceptors (Lipinski definition) is 3. The van der Waals surface area contributed by atoms with Gasteiger partial charge >= 0.3 is 12.1 Å². The molecule has 0 radical (unpaired) electrons. The molecule has 3 rings (SSSR count). The molecule has 0 bridgehead atoms. The number of esters is 1. The Kier molecular flexibility index (Phi) is 5.86. The van der Waals surface area contributed by atoms with E-state index in [0.717, 1.165) is 17.2 Å². The van der Waals surface area contributed by atoms with Gasteiger partial charge in [-0.2, -0.15) is 13.2 Å². The van der Waals surface area contributed by atoms with E-state index >= 15 is 0 Å². The quantitative estimate of drug-likeness (QED) is 0.686. The smallest absolute Gasteiger partial charge is 0.416 e. The molecule has 4 nitrogen and oxygen atoms in total. The van der Waals surface area contributed by atoms with Gasteiger partial charge in [0.25, 0.3) is 0 Å². The molecule has 0 fully saturated rings. The van der Waals surface area contributed by atoms with E-state index in [4.69, 9.17) is 4.74 Å². The van der Waals surface area contributed by atoms with Gasteiger partial charge in [-0.15, -0.1) is 0 Å². The highest BCUT2D eigenvalue weighted by Crippen LogP contribution is 2.41. The van der Waals surface area contributed by atoms with Gasteiger partial charge in [0.15, 0.2) is 0 Å². The van der Waals surface area contributed by atoms with Crippen molar-refractivity contribution in [1.82, 2.24) is 0 Å². The van der Waals surface area contributed by atoms with Crippen LogP contribution in [0.4, 0.5) is 13.2 Å². The molecule has 0 saturated carbocycles. The average molecular weight is 403 g/mol. The SMILES string of the molecule is CC1=NC(=O)CC(c2ccccc2C(F)(F)F)C1C(=O)OCc1ccc(C)cc1. The number of amides is 1. The molecule has 2 unspecified atom stereocenters. The molecule has 152 valence electrons. The summed E-state index contributed by atoms with van der Waals surface area (Å²) in [6.45, 7) is 3.39. The fraction of sp³-hybridized carbons (Fsp3) is 0.318. The fourth-order valence-corrected chi connectivity index (χ4v) is 3.54. The Balaban J connectivity index is 1.90. The molecule has 2 aromatic carbocycles. The topological polar surface area (TPSA) is 55.7 Å². The molecule has 0 spiro atoms. The summed E-state index contributed by atoms with van der Waals surface area (Å²) in [6, 6.07) is 12.4. The number of rotatable bonds is 4. The summed E-state index contributed by atoms with van der Waals surface area (Å²) in [4.78, 5) is 28.6. The monoisotopic (exact) mass is 403 g/mol. The summed E-state index contributed by atoms with van der Waals surface area (Å²) in [5.41, 5.74) is 1.02. The van der Waals surface area contributed by atoms with Crippen LogP contribution in [0.5, 0.6) is 0 Å². The minimum Gasteiger partial charge on any atom is -0.460 e. The maximum atomic E-state index is 13.5. The second kappa shape index (κ2) is 8.19. The van der Waals surface area contributed by atoms with Gasteiger partial charge in [0.05, 0.1) is 5.56 Å². The molecule has 0 aliphatic carbocycles. The number of benzene rings is 2. The normalized spacial score (nSPS) is 19.6. The second-order valence-corrected chi connectivity index (χ2v) is 7.11. The number of carbonyl (C=O) groups is 2. The van der Waals surface area contributed by atoms with Gasteiger partial charge in [-0.3, -0.25) is 9.59 Å². The maximum Gasteiger partial charge on any atom is 0.416 e. The summed E-state index contributed by atoms with van der Waals surface area (Å²) < 4.78 is 45.9. The number of nitrogens with zero attached hydrogens (tertiary/aromatic N) is 1. The molecular weight excluding hydrogens is 383 g/mol. The van der Waals surface area contributed by atoms with E-state index in [9.17, 15) is 22.8 Å².